The molecule has 0 amide bonds. The Morgan fingerprint density at radius 2 is 1.33 bits per heavy atom. The highest BCUT2D eigenvalue weighted by Gasteiger charge is 2.13. The molecule has 9 heteroatoms. The van der Waals surface area contributed by atoms with Gasteiger partial charge in [-0.15, -0.1) is 0 Å². The number of fused-ring (bicyclic) bond motifs is 2. The Morgan fingerprint density at radius 1 is 0.758 bits per heavy atom. The van der Waals surface area contributed by atoms with Gasteiger partial charge in [-0.1, -0.05) is 47.5 Å². The van der Waals surface area contributed by atoms with Crippen LogP contribution in [0.2, 0.25) is 0 Å². The number of hydrazine groups is 1. The summed E-state index contributed by atoms with van der Waals surface area (Å²) in [5, 5.41) is 16.6. The second-order valence-electron chi connectivity index (χ2n) is 8.10. The molecule has 0 aromatic heterocycles. The van der Waals surface area contributed by atoms with Crippen LogP contribution < -0.4 is 27.0 Å². The number of nitrogens with zero attached hydrogens (tertiary/aromatic N) is 4. The van der Waals surface area contributed by atoms with E-state index in [9.17, 15) is 0 Å². The van der Waals surface area contributed by atoms with Crippen molar-refractivity contribution in [1.82, 2.24) is 27.0 Å². The smallest absolute Gasteiger partial charge is 0.226 e. The Balaban J connectivity index is 1.62. The van der Waals surface area contributed by atoms with Crippen LogP contribution in [-0.2, 0) is 0 Å². The molecule has 3 aromatic rings. The van der Waals surface area contributed by atoms with E-state index in [1.54, 1.807) is 0 Å². The van der Waals surface area contributed by atoms with Crippen LogP contribution >= 0.6 is 0 Å². The Labute approximate surface area is 192 Å². The summed E-state index contributed by atoms with van der Waals surface area (Å²) in [5.41, 5.74) is 16.5. The molecular weight excluding hydrogens is 414 g/mol. The lowest BCUT2D eigenvalue weighted by Crippen LogP contribution is -2.48. The molecule has 0 spiro atoms. The normalized spacial score (nSPS) is 16.2. The van der Waals surface area contributed by atoms with Gasteiger partial charge in [-0.2, -0.15) is 10.2 Å². The van der Waals surface area contributed by atoms with Gasteiger partial charge in [0.25, 0.3) is 0 Å². The van der Waals surface area contributed by atoms with E-state index < -0.39 is 0 Å². The van der Waals surface area contributed by atoms with Crippen molar-refractivity contribution in [1.29, 1.82) is 0 Å². The number of aryl methyl sites for hydroxylation is 2. The monoisotopic (exact) mass is 441 g/mol. The van der Waals surface area contributed by atoms with Crippen LogP contribution in [0.4, 0.5) is 0 Å². The summed E-state index contributed by atoms with van der Waals surface area (Å²) in [4.78, 5) is 8.71. The highest BCUT2D eigenvalue weighted by Crippen LogP contribution is 2.32. The number of hydrogen-bond acceptors (Lipinski definition) is 9. The van der Waals surface area contributed by atoms with Crippen molar-refractivity contribution in [3.05, 3.63) is 58.7 Å². The lowest BCUT2D eigenvalue weighted by atomic mass is 9.91. The molecule has 0 unspecified atom stereocenters. The minimum absolute atomic E-state index is 0.608. The van der Waals surface area contributed by atoms with E-state index in [1.165, 1.54) is 11.1 Å². The van der Waals surface area contributed by atoms with E-state index in [-0.39, 0.29) is 0 Å². The first-order chi connectivity index (χ1) is 16.2. The second kappa shape index (κ2) is 9.25. The standard InChI is InChI=1S/C24H27N9/c1-15-4-6-18-19(11-15)21(13-29-31-23-25-7-8-26-23)17-5-3-16(2)12-20(17)22(18)14-30-33-24-27-9-10-28-32-24/h3-6,11-14,28H,7-10H2,1-2H3,(H2,25,26,31)(H2,27,32,33)/b29-13+,30-14+. The van der Waals surface area contributed by atoms with Crippen LogP contribution in [0, 0.1) is 13.8 Å². The third-order valence-electron chi connectivity index (χ3n) is 5.63. The second-order valence-corrected chi connectivity index (χ2v) is 8.10. The largest absolute Gasteiger partial charge is 0.353 e. The summed E-state index contributed by atoms with van der Waals surface area (Å²) >= 11 is 0. The number of hydrogen-bond donors (Lipinski definition) is 5. The van der Waals surface area contributed by atoms with Crippen LogP contribution in [0.5, 0.6) is 0 Å². The van der Waals surface area contributed by atoms with Crippen LogP contribution in [0.1, 0.15) is 22.3 Å². The average Bonchev–Trinajstić information content (AvgIpc) is 3.34. The van der Waals surface area contributed by atoms with E-state index >= 15 is 0 Å². The van der Waals surface area contributed by atoms with E-state index in [4.69, 9.17) is 0 Å². The van der Waals surface area contributed by atoms with Gasteiger partial charge in [0.1, 0.15) is 0 Å². The Morgan fingerprint density at radius 3 is 1.88 bits per heavy atom. The number of hydrazone groups is 2. The molecule has 9 nitrogen and oxygen atoms in total. The van der Waals surface area contributed by atoms with Crippen molar-refractivity contribution in [3.63, 3.8) is 0 Å². The van der Waals surface area contributed by atoms with Gasteiger partial charge in [0, 0.05) is 24.2 Å². The van der Waals surface area contributed by atoms with Crippen molar-refractivity contribution in [2.24, 2.45) is 20.2 Å². The maximum atomic E-state index is 4.48. The Hall–Kier alpha value is -3.98. The zero-order valence-electron chi connectivity index (χ0n) is 18.7. The predicted molar refractivity (Wildman–Crippen MR) is 136 cm³/mol. The molecule has 2 aliphatic heterocycles. The molecule has 5 rings (SSSR count). The van der Waals surface area contributed by atoms with Crippen LogP contribution in [0.25, 0.3) is 21.5 Å². The minimum Gasteiger partial charge on any atom is -0.353 e. The first-order valence-electron chi connectivity index (χ1n) is 11.1. The van der Waals surface area contributed by atoms with E-state index in [1.807, 2.05) is 12.4 Å². The summed E-state index contributed by atoms with van der Waals surface area (Å²) in [6, 6.07) is 13.0. The van der Waals surface area contributed by atoms with Gasteiger partial charge in [-0.3, -0.25) is 5.43 Å². The molecule has 0 saturated heterocycles. The Kier molecular flexibility index (Phi) is 5.86. The molecule has 0 atom stereocenters. The topological polar surface area (TPSA) is 110 Å². The van der Waals surface area contributed by atoms with Crippen molar-refractivity contribution >= 4 is 45.9 Å². The van der Waals surface area contributed by atoms with E-state index in [0.29, 0.717) is 18.5 Å². The first-order valence-corrected chi connectivity index (χ1v) is 11.1. The molecule has 0 bridgehead atoms. The summed E-state index contributed by atoms with van der Waals surface area (Å²) in [7, 11) is 0. The zero-order valence-corrected chi connectivity index (χ0v) is 18.7. The number of aliphatic imine (C=N–C) groups is 2. The van der Waals surface area contributed by atoms with Crippen molar-refractivity contribution in [3.8, 4) is 0 Å². The molecule has 0 aliphatic carbocycles. The molecule has 0 fully saturated rings. The van der Waals surface area contributed by atoms with Crippen molar-refractivity contribution < 1.29 is 0 Å². The molecule has 168 valence electrons. The highest BCUT2D eigenvalue weighted by atomic mass is 15.5. The summed E-state index contributed by atoms with van der Waals surface area (Å²) in [6.45, 7) is 7.31. The summed E-state index contributed by atoms with van der Waals surface area (Å²) in [6.07, 6.45) is 3.75. The average molecular weight is 442 g/mol. The molecule has 2 heterocycles. The molecule has 0 saturated carbocycles. The fourth-order valence-corrected chi connectivity index (χ4v) is 4.06. The number of guanidine groups is 2. The van der Waals surface area contributed by atoms with Gasteiger partial charge < -0.3 is 5.32 Å². The molecule has 5 N–H and O–H groups in total. The van der Waals surface area contributed by atoms with Crippen molar-refractivity contribution in [2.45, 2.75) is 13.8 Å². The summed E-state index contributed by atoms with van der Waals surface area (Å²) in [5.74, 6) is 1.31. The first kappa shape index (κ1) is 20.9. The maximum absolute atomic E-state index is 4.48. The summed E-state index contributed by atoms with van der Waals surface area (Å²) < 4.78 is 0. The van der Waals surface area contributed by atoms with Crippen LogP contribution in [-0.4, -0.2) is 50.5 Å². The highest BCUT2D eigenvalue weighted by molar-refractivity contribution is 6.21. The third-order valence-corrected chi connectivity index (χ3v) is 5.63. The van der Waals surface area contributed by atoms with Gasteiger partial charge in [-0.05, 0) is 35.4 Å². The zero-order chi connectivity index (χ0) is 22.6. The lowest BCUT2D eigenvalue weighted by Gasteiger charge is -2.15. The maximum Gasteiger partial charge on any atom is 0.226 e. The van der Waals surface area contributed by atoms with Gasteiger partial charge in [0.2, 0.25) is 11.9 Å². The van der Waals surface area contributed by atoms with Crippen molar-refractivity contribution in [2.75, 3.05) is 26.2 Å². The van der Waals surface area contributed by atoms with Gasteiger partial charge >= 0.3 is 0 Å². The number of nitrogens with one attached hydrogen (secondary N) is 5. The van der Waals surface area contributed by atoms with Crippen LogP contribution in [0.15, 0.2) is 56.6 Å². The lowest BCUT2D eigenvalue weighted by molar-refractivity contribution is 0.606. The van der Waals surface area contributed by atoms with Gasteiger partial charge in [0.15, 0.2) is 0 Å². The van der Waals surface area contributed by atoms with Gasteiger partial charge in [-0.25, -0.2) is 26.3 Å². The SMILES string of the molecule is Cc1ccc2c(/C=N/NC3=NCCNN3)c3cc(C)ccc3c(/C=N/NC3=NCCN3)c2c1. The predicted octanol–water partition coefficient (Wildman–Crippen LogP) is 1.88. The third kappa shape index (κ3) is 4.49. The fourth-order valence-electron chi connectivity index (χ4n) is 4.06. The molecule has 3 aromatic carbocycles. The quantitative estimate of drug-likeness (QED) is 0.241. The molecule has 0 radical (unpaired) electrons. The van der Waals surface area contributed by atoms with E-state index in [0.717, 1.165) is 52.3 Å². The molecule has 33 heavy (non-hydrogen) atoms. The van der Waals surface area contributed by atoms with Crippen LogP contribution in [0.3, 0.4) is 0 Å². The minimum atomic E-state index is 0.608. The molecule has 2 aliphatic rings. The number of benzene rings is 3. The van der Waals surface area contributed by atoms with E-state index in [2.05, 4.69) is 97.5 Å². The Bertz CT molecular complexity index is 1320. The molecular formula is C24H27N9. The number of rotatable bonds is 4. The fraction of sp³-hybridized carbons (Fsp3) is 0.250. The van der Waals surface area contributed by atoms with Gasteiger partial charge in [0.05, 0.1) is 25.5 Å².